The SMILES string of the molecule is Cc1noc2nc(-c3cccs3)cc(C(=O)N3CCCC3c3ccc4c(c3)OCCO4)c12. The number of thiophene rings is 1. The largest absolute Gasteiger partial charge is 0.486 e. The van der Waals surface area contributed by atoms with E-state index in [2.05, 4.69) is 10.1 Å². The predicted octanol–water partition coefficient (Wildman–Crippen LogP) is 5.01. The number of fused-ring (bicyclic) bond motifs is 2. The van der Waals surface area contributed by atoms with E-state index in [1.807, 2.05) is 53.6 Å². The van der Waals surface area contributed by atoms with E-state index in [0.29, 0.717) is 42.1 Å². The number of hydrogen-bond acceptors (Lipinski definition) is 7. The maximum Gasteiger partial charge on any atom is 0.259 e. The van der Waals surface area contributed by atoms with E-state index >= 15 is 0 Å². The summed E-state index contributed by atoms with van der Waals surface area (Å²) in [5.41, 5.74) is 3.44. The Hall–Kier alpha value is -3.39. The minimum atomic E-state index is -0.0288. The van der Waals surface area contributed by atoms with Crippen LogP contribution in [0.25, 0.3) is 21.7 Å². The zero-order valence-electron chi connectivity index (χ0n) is 17.5. The third-order valence-electron chi connectivity index (χ3n) is 6.09. The molecular formula is C24H21N3O4S. The van der Waals surface area contributed by atoms with Crippen molar-refractivity contribution in [1.82, 2.24) is 15.0 Å². The van der Waals surface area contributed by atoms with Gasteiger partial charge in [-0.15, -0.1) is 11.3 Å². The van der Waals surface area contributed by atoms with Gasteiger partial charge in [0.25, 0.3) is 11.6 Å². The number of ether oxygens (including phenoxy) is 2. The van der Waals surface area contributed by atoms with Gasteiger partial charge in [0.05, 0.1) is 33.3 Å². The van der Waals surface area contributed by atoms with Gasteiger partial charge in [0, 0.05) is 6.54 Å². The number of amides is 1. The first-order valence-electron chi connectivity index (χ1n) is 10.7. The van der Waals surface area contributed by atoms with Gasteiger partial charge in [-0.05, 0) is 55.0 Å². The highest BCUT2D eigenvalue weighted by Crippen LogP contribution is 2.39. The molecule has 0 N–H and O–H groups in total. The molecule has 2 aliphatic rings. The molecule has 7 nitrogen and oxygen atoms in total. The number of benzene rings is 1. The highest BCUT2D eigenvalue weighted by Gasteiger charge is 2.33. The van der Waals surface area contributed by atoms with Crippen LogP contribution in [-0.4, -0.2) is 40.7 Å². The van der Waals surface area contributed by atoms with Gasteiger partial charge in [-0.25, -0.2) is 4.98 Å². The van der Waals surface area contributed by atoms with Crippen molar-refractivity contribution in [2.45, 2.75) is 25.8 Å². The van der Waals surface area contributed by atoms with E-state index in [-0.39, 0.29) is 11.9 Å². The Kier molecular flexibility index (Phi) is 4.61. The normalized spacial score (nSPS) is 17.8. The number of carbonyl (C=O) groups is 1. The van der Waals surface area contributed by atoms with E-state index in [1.54, 1.807) is 11.3 Å². The van der Waals surface area contributed by atoms with Crippen molar-refractivity contribution in [3.05, 3.63) is 58.6 Å². The molecule has 1 aromatic carbocycles. The third-order valence-corrected chi connectivity index (χ3v) is 6.98. The Labute approximate surface area is 188 Å². The number of carbonyl (C=O) groups excluding carboxylic acids is 1. The molecule has 6 rings (SSSR count). The second-order valence-corrected chi connectivity index (χ2v) is 8.99. The summed E-state index contributed by atoms with van der Waals surface area (Å²) >= 11 is 1.58. The number of rotatable bonds is 3. The smallest absolute Gasteiger partial charge is 0.259 e. The van der Waals surface area contributed by atoms with E-state index < -0.39 is 0 Å². The zero-order chi connectivity index (χ0) is 21.7. The van der Waals surface area contributed by atoms with Gasteiger partial charge in [-0.1, -0.05) is 17.3 Å². The molecule has 0 spiro atoms. The lowest BCUT2D eigenvalue weighted by atomic mass is 10.0. The lowest BCUT2D eigenvalue weighted by molar-refractivity contribution is 0.0737. The predicted molar refractivity (Wildman–Crippen MR) is 120 cm³/mol. The van der Waals surface area contributed by atoms with Crippen LogP contribution in [0.3, 0.4) is 0 Å². The van der Waals surface area contributed by atoms with E-state index in [9.17, 15) is 4.79 Å². The monoisotopic (exact) mass is 447 g/mol. The van der Waals surface area contributed by atoms with Gasteiger partial charge in [0.1, 0.15) is 13.2 Å². The van der Waals surface area contributed by atoms with Crippen LogP contribution < -0.4 is 9.47 Å². The number of likely N-dealkylation sites (tertiary alicyclic amines) is 1. The lowest BCUT2D eigenvalue weighted by Crippen LogP contribution is -2.31. The van der Waals surface area contributed by atoms with Crippen molar-refractivity contribution in [3.63, 3.8) is 0 Å². The summed E-state index contributed by atoms with van der Waals surface area (Å²) in [6.45, 7) is 3.64. The Morgan fingerprint density at radius 3 is 2.88 bits per heavy atom. The number of pyridine rings is 1. The molecule has 1 unspecified atom stereocenters. The molecule has 0 aliphatic carbocycles. The van der Waals surface area contributed by atoms with Crippen molar-refractivity contribution in [2.75, 3.05) is 19.8 Å². The minimum absolute atomic E-state index is 0.0214. The molecule has 2 aliphatic heterocycles. The van der Waals surface area contributed by atoms with Crippen LogP contribution >= 0.6 is 11.3 Å². The first-order valence-corrected chi connectivity index (χ1v) is 11.6. The fourth-order valence-electron chi connectivity index (χ4n) is 4.59. The van der Waals surface area contributed by atoms with E-state index in [1.165, 1.54) is 0 Å². The van der Waals surface area contributed by atoms with Gasteiger partial charge in [0.15, 0.2) is 11.5 Å². The molecule has 0 radical (unpaired) electrons. The molecule has 1 atom stereocenters. The second kappa shape index (κ2) is 7.63. The Morgan fingerprint density at radius 1 is 1.16 bits per heavy atom. The van der Waals surface area contributed by atoms with Crippen molar-refractivity contribution in [3.8, 4) is 22.1 Å². The molecule has 4 aromatic rings. The summed E-state index contributed by atoms with van der Waals surface area (Å²) in [5, 5.41) is 6.75. The highest BCUT2D eigenvalue weighted by atomic mass is 32.1. The standard InChI is InChI=1S/C24H21N3O4S/c1-14-22-16(13-17(21-5-3-11-32-21)25-23(22)31-26-14)24(28)27-8-2-4-18(27)15-6-7-19-20(12-15)30-10-9-29-19/h3,5-7,11-13,18H,2,4,8-10H2,1H3. The minimum Gasteiger partial charge on any atom is -0.486 e. The summed E-state index contributed by atoms with van der Waals surface area (Å²) in [5.74, 6) is 1.47. The van der Waals surface area contributed by atoms with E-state index in [0.717, 1.165) is 40.5 Å². The molecule has 162 valence electrons. The van der Waals surface area contributed by atoms with Gasteiger partial charge in [-0.2, -0.15) is 0 Å². The fraction of sp³-hybridized carbons (Fsp3) is 0.292. The summed E-state index contributed by atoms with van der Waals surface area (Å²) in [6, 6.07) is 11.8. The van der Waals surface area contributed by atoms with Crippen molar-refractivity contribution < 1.29 is 18.8 Å². The molecule has 1 fully saturated rings. The lowest BCUT2D eigenvalue weighted by Gasteiger charge is -2.27. The quantitative estimate of drug-likeness (QED) is 0.439. The Balaban J connectivity index is 1.41. The molecule has 3 aromatic heterocycles. The molecule has 5 heterocycles. The number of nitrogens with zero attached hydrogens (tertiary/aromatic N) is 3. The van der Waals surface area contributed by atoms with Crippen LogP contribution in [0, 0.1) is 6.92 Å². The topological polar surface area (TPSA) is 77.7 Å². The summed E-state index contributed by atoms with van der Waals surface area (Å²) in [7, 11) is 0. The van der Waals surface area contributed by atoms with Gasteiger partial charge >= 0.3 is 0 Å². The van der Waals surface area contributed by atoms with Crippen molar-refractivity contribution >= 4 is 28.3 Å². The first-order chi connectivity index (χ1) is 15.7. The Bertz CT molecular complexity index is 1310. The number of hydrogen-bond donors (Lipinski definition) is 0. The fourth-order valence-corrected chi connectivity index (χ4v) is 5.28. The maximum atomic E-state index is 13.9. The highest BCUT2D eigenvalue weighted by molar-refractivity contribution is 7.13. The third kappa shape index (κ3) is 3.14. The maximum absolute atomic E-state index is 13.9. The molecule has 0 saturated carbocycles. The Morgan fingerprint density at radius 2 is 2.03 bits per heavy atom. The van der Waals surface area contributed by atoms with Crippen molar-refractivity contribution in [1.29, 1.82) is 0 Å². The van der Waals surface area contributed by atoms with Crippen LogP contribution in [0.4, 0.5) is 0 Å². The number of aromatic nitrogens is 2. The van der Waals surface area contributed by atoms with Gasteiger partial charge < -0.3 is 18.9 Å². The molecule has 8 heteroatoms. The van der Waals surface area contributed by atoms with Crippen LogP contribution in [-0.2, 0) is 0 Å². The summed E-state index contributed by atoms with van der Waals surface area (Å²) in [6.07, 6.45) is 1.85. The molecular weight excluding hydrogens is 426 g/mol. The second-order valence-electron chi connectivity index (χ2n) is 8.04. The molecule has 0 bridgehead atoms. The number of aryl methyl sites for hydroxylation is 1. The summed E-state index contributed by atoms with van der Waals surface area (Å²) in [4.78, 5) is 21.4. The average molecular weight is 448 g/mol. The zero-order valence-corrected chi connectivity index (χ0v) is 18.4. The van der Waals surface area contributed by atoms with Crippen LogP contribution in [0.15, 0.2) is 46.3 Å². The van der Waals surface area contributed by atoms with Gasteiger partial charge in [0.2, 0.25) is 0 Å². The van der Waals surface area contributed by atoms with Gasteiger partial charge in [-0.3, -0.25) is 4.79 Å². The molecule has 1 amide bonds. The summed E-state index contributed by atoms with van der Waals surface area (Å²) < 4.78 is 16.9. The first kappa shape index (κ1) is 19.3. The van der Waals surface area contributed by atoms with Crippen LogP contribution in [0.2, 0.25) is 0 Å². The van der Waals surface area contributed by atoms with Crippen molar-refractivity contribution in [2.24, 2.45) is 0 Å². The van der Waals surface area contributed by atoms with Crippen LogP contribution in [0.5, 0.6) is 11.5 Å². The average Bonchev–Trinajstić information content (AvgIpc) is 3.59. The van der Waals surface area contributed by atoms with Crippen LogP contribution in [0.1, 0.15) is 40.5 Å². The molecule has 1 saturated heterocycles. The molecule has 32 heavy (non-hydrogen) atoms. The van der Waals surface area contributed by atoms with E-state index in [4.69, 9.17) is 14.0 Å².